The summed E-state index contributed by atoms with van der Waals surface area (Å²) < 4.78 is 0. The number of piperazine rings is 1. The molecule has 0 bridgehead atoms. The van der Waals surface area contributed by atoms with Crippen LogP contribution in [0.1, 0.15) is 33.1 Å². The van der Waals surface area contributed by atoms with Gasteiger partial charge in [-0.3, -0.25) is 4.90 Å². The monoisotopic (exact) mass is 206 g/mol. The Labute approximate surface area is 93.4 Å². The Kier molecular flexibility index (Phi) is 3.04. The Morgan fingerprint density at radius 2 is 2.33 bits per heavy atom. The topological polar surface area (TPSA) is 15.3 Å². The van der Waals surface area contributed by atoms with Crippen LogP contribution in [0, 0.1) is 18.3 Å². The first-order chi connectivity index (χ1) is 7.19. The van der Waals surface area contributed by atoms with Crippen molar-refractivity contribution in [1.29, 1.82) is 0 Å². The van der Waals surface area contributed by atoms with E-state index in [-0.39, 0.29) is 0 Å². The van der Waals surface area contributed by atoms with Gasteiger partial charge in [0.05, 0.1) is 6.04 Å². The molecule has 0 aromatic rings. The fourth-order valence-corrected chi connectivity index (χ4v) is 2.78. The Hall–Kier alpha value is -0.520. The summed E-state index contributed by atoms with van der Waals surface area (Å²) >= 11 is 0. The van der Waals surface area contributed by atoms with Crippen molar-refractivity contribution in [2.24, 2.45) is 5.92 Å². The molecule has 0 aromatic carbocycles. The van der Waals surface area contributed by atoms with E-state index in [4.69, 9.17) is 6.42 Å². The van der Waals surface area contributed by atoms with E-state index in [1.165, 1.54) is 12.8 Å². The summed E-state index contributed by atoms with van der Waals surface area (Å²) in [6.45, 7) is 7.86. The van der Waals surface area contributed by atoms with E-state index in [2.05, 4.69) is 30.0 Å². The molecule has 2 nitrogen and oxygen atoms in total. The van der Waals surface area contributed by atoms with Gasteiger partial charge >= 0.3 is 0 Å². The van der Waals surface area contributed by atoms with Crippen LogP contribution in [-0.4, -0.2) is 36.1 Å². The van der Waals surface area contributed by atoms with Gasteiger partial charge < -0.3 is 5.32 Å². The molecule has 0 radical (unpaired) electrons. The van der Waals surface area contributed by atoms with Crippen LogP contribution < -0.4 is 5.32 Å². The number of hydrogen-bond donors (Lipinski definition) is 1. The number of hydrogen-bond acceptors (Lipinski definition) is 2. The molecule has 2 unspecified atom stereocenters. The molecule has 2 atom stereocenters. The molecule has 2 fully saturated rings. The van der Waals surface area contributed by atoms with E-state index in [9.17, 15) is 0 Å². The molecule has 84 valence electrons. The minimum absolute atomic E-state index is 0.322. The molecule has 2 rings (SSSR count). The minimum atomic E-state index is 0.322. The van der Waals surface area contributed by atoms with Crippen LogP contribution in [0.25, 0.3) is 0 Å². The van der Waals surface area contributed by atoms with Crippen LogP contribution in [0.15, 0.2) is 0 Å². The molecule has 15 heavy (non-hydrogen) atoms. The van der Waals surface area contributed by atoms with Crippen LogP contribution in [0.4, 0.5) is 0 Å². The molecule has 2 heteroatoms. The molecule has 1 N–H and O–H groups in total. The molecular weight excluding hydrogens is 184 g/mol. The van der Waals surface area contributed by atoms with Crippen molar-refractivity contribution in [3.05, 3.63) is 0 Å². The summed E-state index contributed by atoms with van der Waals surface area (Å²) in [6, 6.07) is 0.338. The number of rotatable bonds is 3. The lowest BCUT2D eigenvalue weighted by Crippen LogP contribution is -2.61. The maximum absolute atomic E-state index is 5.58. The summed E-state index contributed by atoms with van der Waals surface area (Å²) in [5.74, 6) is 3.80. The van der Waals surface area contributed by atoms with Crippen LogP contribution in [-0.2, 0) is 0 Å². The number of terminal acetylenes is 1. The molecule has 1 saturated heterocycles. The van der Waals surface area contributed by atoms with Crippen molar-refractivity contribution < 1.29 is 0 Å². The van der Waals surface area contributed by atoms with E-state index in [0.29, 0.717) is 11.6 Å². The Morgan fingerprint density at radius 1 is 1.60 bits per heavy atom. The van der Waals surface area contributed by atoms with Crippen LogP contribution >= 0.6 is 0 Å². The summed E-state index contributed by atoms with van der Waals surface area (Å²) in [5.41, 5.74) is 0.322. The lowest BCUT2D eigenvalue weighted by Gasteiger charge is -2.44. The third-order valence-electron chi connectivity index (χ3n) is 3.96. The molecule has 2 aliphatic rings. The second-order valence-electron chi connectivity index (χ2n) is 5.18. The summed E-state index contributed by atoms with van der Waals surface area (Å²) in [4.78, 5) is 2.48. The van der Waals surface area contributed by atoms with Crippen LogP contribution in [0.3, 0.4) is 0 Å². The lowest BCUT2D eigenvalue weighted by molar-refractivity contribution is 0.106. The first-order valence-electron chi connectivity index (χ1n) is 6.15. The quantitative estimate of drug-likeness (QED) is 0.704. The minimum Gasteiger partial charge on any atom is -0.309 e. The van der Waals surface area contributed by atoms with Crippen molar-refractivity contribution in [3.63, 3.8) is 0 Å². The molecule has 0 aromatic heterocycles. The van der Waals surface area contributed by atoms with Gasteiger partial charge in [-0.25, -0.2) is 0 Å². The zero-order valence-electron chi connectivity index (χ0n) is 9.92. The zero-order chi connectivity index (χ0) is 10.9. The molecular formula is C13H22N2. The van der Waals surface area contributed by atoms with Crippen molar-refractivity contribution in [1.82, 2.24) is 10.2 Å². The third-order valence-corrected chi connectivity index (χ3v) is 3.96. The zero-order valence-corrected chi connectivity index (χ0v) is 9.92. The fraction of sp³-hybridized carbons (Fsp3) is 0.846. The van der Waals surface area contributed by atoms with Gasteiger partial charge in [-0.2, -0.15) is 0 Å². The average molecular weight is 206 g/mol. The Bertz CT molecular complexity index is 264. The average Bonchev–Trinajstić information content (AvgIpc) is 3.03. The van der Waals surface area contributed by atoms with Gasteiger partial charge in [0, 0.05) is 25.2 Å². The molecule has 1 saturated carbocycles. The molecule has 0 amide bonds. The van der Waals surface area contributed by atoms with Crippen molar-refractivity contribution >= 4 is 0 Å². The van der Waals surface area contributed by atoms with E-state index in [1.807, 2.05) is 0 Å². The normalized spacial score (nSPS) is 34.7. The van der Waals surface area contributed by atoms with Crippen LogP contribution in [0.5, 0.6) is 0 Å². The standard InChI is InChI=1S/C13H22N2/c1-4-12(5-2)15-9-8-14-13(3,10-15)11-6-7-11/h1,11-12,14H,5-10H2,2-3H3. The highest BCUT2D eigenvalue weighted by molar-refractivity contribution is 5.07. The Morgan fingerprint density at radius 3 is 2.87 bits per heavy atom. The highest BCUT2D eigenvalue weighted by Crippen LogP contribution is 2.41. The van der Waals surface area contributed by atoms with Crippen molar-refractivity contribution in [3.8, 4) is 12.3 Å². The van der Waals surface area contributed by atoms with Crippen molar-refractivity contribution in [2.75, 3.05) is 19.6 Å². The molecule has 0 spiro atoms. The smallest absolute Gasteiger partial charge is 0.0710 e. The maximum Gasteiger partial charge on any atom is 0.0710 e. The first-order valence-corrected chi connectivity index (χ1v) is 6.15. The first kappa shape index (κ1) is 11.0. The van der Waals surface area contributed by atoms with Crippen molar-refractivity contribution in [2.45, 2.75) is 44.7 Å². The number of nitrogens with zero attached hydrogens (tertiary/aromatic N) is 1. The lowest BCUT2D eigenvalue weighted by atomic mass is 9.92. The predicted octanol–water partition coefficient (Wildman–Crippen LogP) is 1.47. The van der Waals surface area contributed by atoms with Gasteiger partial charge in [-0.15, -0.1) is 6.42 Å². The summed E-state index contributed by atoms with van der Waals surface area (Å²) in [6.07, 6.45) is 9.44. The van der Waals surface area contributed by atoms with Gasteiger partial charge in [0.2, 0.25) is 0 Å². The van der Waals surface area contributed by atoms with Gasteiger partial charge in [0.1, 0.15) is 0 Å². The maximum atomic E-state index is 5.58. The summed E-state index contributed by atoms with van der Waals surface area (Å²) in [7, 11) is 0. The van der Waals surface area contributed by atoms with Gasteiger partial charge in [0.15, 0.2) is 0 Å². The predicted molar refractivity (Wildman–Crippen MR) is 63.6 cm³/mol. The SMILES string of the molecule is C#CC(CC)N1CCNC(C)(C2CC2)C1. The molecule has 1 heterocycles. The van der Waals surface area contributed by atoms with Gasteiger partial charge in [-0.05, 0) is 32.1 Å². The fourth-order valence-electron chi connectivity index (χ4n) is 2.78. The Balaban J connectivity index is 2.00. The molecule has 1 aliphatic carbocycles. The second-order valence-corrected chi connectivity index (χ2v) is 5.18. The van der Waals surface area contributed by atoms with E-state index in [1.54, 1.807) is 0 Å². The third kappa shape index (κ3) is 2.19. The highest BCUT2D eigenvalue weighted by atomic mass is 15.2. The molecule has 1 aliphatic heterocycles. The van der Waals surface area contributed by atoms with E-state index >= 15 is 0 Å². The van der Waals surface area contributed by atoms with E-state index < -0.39 is 0 Å². The van der Waals surface area contributed by atoms with Crippen LogP contribution in [0.2, 0.25) is 0 Å². The summed E-state index contributed by atoms with van der Waals surface area (Å²) in [5, 5.41) is 3.68. The highest BCUT2D eigenvalue weighted by Gasteiger charge is 2.44. The number of nitrogens with one attached hydrogen (secondary N) is 1. The second kappa shape index (κ2) is 4.15. The van der Waals surface area contributed by atoms with Gasteiger partial charge in [-0.1, -0.05) is 12.8 Å². The van der Waals surface area contributed by atoms with Gasteiger partial charge in [0.25, 0.3) is 0 Å². The largest absolute Gasteiger partial charge is 0.309 e. The van der Waals surface area contributed by atoms with E-state index in [0.717, 1.165) is 32.0 Å².